The van der Waals surface area contributed by atoms with E-state index in [9.17, 15) is 21.6 Å². The molecule has 0 radical (unpaired) electrons. The van der Waals surface area contributed by atoms with Crippen molar-refractivity contribution in [3.05, 3.63) is 23.8 Å². The van der Waals surface area contributed by atoms with Gasteiger partial charge in [0.25, 0.3) is 0 Å². The average molecular weight is 446 g/mol. The van der Waals surface area contributed by atoms with E-state index in [1.165, 1.54) is 26.4 Å². The molecular formula is C19H27NO7S2. The van der Waals surface area contributed by atoms with Gasteiger partial charge in [-0.3, -0.25) is 9.69 Å². The summed E-state index contributed by atoms with van der Waals surface area (Å²) in [5.74, 6) is -0.503. The lowest BCUT2D eigenvalue weighted by Crippen LogP contribution is -2.50. The minimum absolute atomic E-state index is 0.104. The summed E-state index contributed by atoms with van der Waals surface area (Å²) in [6.45, 7) is 2.68. The van der Waals surface area contributed by atoms with E-state index < -0.39 is 31.0 Å². The quantitative estimate of drug-likeness (QED) is 0.614. The number of ether oxygens (including phenoxy) is 2. The van der Waals surface area contributed by atoms with Crippen molar-refractivity contribution in [1.29, 1.82) is 0 Å². The maximum absolute atomic E-state index is 13.3. The Balaban J connectivity index is 1.87. The normalized spacial score (nSPS) is 25.6. The van der Waals surface area contributed by atoms with Gasteiger partial charge in [-0.25, -0.2) is 16.8 Å². The number of esters is 1. The highest BCUT2D eigenvalue weighted by Crippen LogP contribution is 2.33. The van der Waals surface area contributed by atoms with Crippen LogP contribution < -0.4 is 4.74 Å². The Morgan fingerprint density at radius 1 is 1.14 bits per heavy atom. The second-order valence-corrected chi connectivity index (χ2v) is 12.0. The molecule has 0 aromatic heterocycles. The first kappa shape index (κ1) is 22.0. The number of piperidine rings is 1. The number of benzene rings is 1. The van der Waals surface area contributed by atoms with Crippen molar-refractivity contribution in [3.63, 3.8) is 0 Å². The largest absolute Gasteiger partial charge is 0.496 e. The Morgan fingerprint density at radius 2 is 1.79 bits per heavy atom. The van der Waals surface area contributed by atoms with Crippen LogP contribution in [0.5, 0.6) is 5.75 Å². The highest BCUT2D eigenvalue weighted by molar-refractivity contribution is 7.96. The number of hydrogen-bond donors (Lipinski definition) is 0. The second kappa shape index (κ2) is 8.23. The first-order chi connectivity index (χ1) is 13.6. The molecule has 2 aliphatic rings. The number of rotatable bonds is 5. The van der Waals surface area contributed by atoms with Crippen molar-refractivity contribution in [3.8, 4) is 5.75 Å². The van der Waals surface area contributed by atoms with Gasteiger partial charge in [0.05, 0.1) is 41.8 Å². The molecule has 1 aromatic rings. The van der Waals surface area contributed by atoms with Crippen molar-refractivity contribution >= 4 is 25.6 Å². The molecule has 0 unspecified atom stereocenters. The molecule has 10 heteroatoms. The highest BCUT2D eigenvalue weighted by Gasteiger charge is 2.49. The van der Waals surface area contributed by atoms with Gasteiger partial charge in [-0.05, 0) is 56.6 Å². The molecule has 162 valence electrons. The van der Waals surface area contributed by atoms with Crippen molar-refractivity contribution in [2.75, 3.05) is 38.8 Å². The summed E-state index contributed by atoms with van der Waals surface area (Å²) in [5.41, 5.74) is 0.671. The zero-order valence-corrected chi connectivity index (χ0v) is 18.5. The standard InChI is InChI=1S/C19H27NO7S2/c1-13-10-15(4-5-17(13)26-2)29(24,25)18-12-28(22,23)11-16(18)20-8-6-14(7-9-20)19(21)27-3/h4-5,10,14,16,18H,6-9,11-12H2,1-3H3/t16-,18-/m0/s1. The number of likely N-dealkylation sites (tertiary alicyclic amines) is 1. The molecule has 3 rings (SSSR count). The molecule has 29 heavy (non-hydrogen) atoms. The number of sulfone groups is 2. The molecule has 1 aromatic carbocycles. The monoisotopic (exact) mass is 445 g/mol. The number of methoxy groups -OCH3 is 2. The Kier molecular flexibility index (Phi) is 6.26. The molecule has 0 spiro atoms. The van der Waals surface area contributed by atoms with Gasteiger partial charge in [-0.15, -0.1) is 0 Å². The smallest absolute Gasteiger partial charge is 0.308 e. The lowest BCUT2D eigenvalue weighted by Gasteiger charge is -2.36. The Hall–Kier alpha value is -1.65. The van der Waals surface area contributed by atoms with Crippen molar-refractivity contribution < 1.29 is 31.1 Å². The van der Waals surface area contributed by atoms with Crippen molar-refractivity contribution in [2.45, 2.75) is 36.0 Å². The van der Waals surface area contributed by atoms with E-state index in [1.54, 1.807) is 13.0 Å². The summed E-state index contributed by atoms with van der Waals surface area (Å²) in [4.78, 5) is 13.8. The molecule has 2 fully saturated rings. The third-order valence-electron chi connectivity index (χ3n) is 5.90. The molecule has 8 nitrogen and oxygen atoms in total. The van der Waals surface area contributed by atoms with Crippen LogP contribution in [-0.2, 0) is 29.2 Å². The van der Waals surface area contributed by atoms with Gasteiger partial charge in [-0.2, -0.15) is 0 Å². The lowest BCUT2D eigenvalue weighted by molar-refractivity contribution is -0.147. The fourth-order valence-corrected chi connectivity index (χ4v) is 9.18. The summed E-state index contributed by atoms with van der Waals surface area (Å²) in [7, 11) is -4.49. The van der Waals surface area contributed by atoms with Gasteiger partial charge in [0.2, 0.25) is 0 Å². The van der Waals surface area contributed by atoms with Crippen LogP contribution in [0.2, 0.25) is 0 Å². The average Bonchev–Trinajstić information content (AvgIpc) is 3.03. The summed E-state index contributed by atoms with van der Waals surface area (Å²) >= 11 is 0. The number of carbonyl (C=O) groups is 1. The second-order valence-electron chi connectivity index (χ2n) is 7.69. The van der Waals surface area contributed by atoms with Crippen LogP contribution >= 0.6 is 0 Å². The third-order valence-corrected chi connectivity index (χ3v) is 10.0. The van der Waals surface area contributed by atoms with Gasteiger partial charge in [0.15, 0.2) is 19.7 Å². The van der Waals surface area contributed by atoms with Crippen LogP contribution in [0.15, 0.2) is 23.1 Å². The summed E-state index contributed by atoms with van der Waals surface area (Å²) < 4.78 is 61.4. The molecule has 2 aliphatic heterocycles. The fourth-order valence-electron chi connectivity index (χ4n) is 4.27. The predicted octanol–water partition coefficient (Wildman–Crippen LogP) is 0.828. The number of nitrogens with zero attached hydrogens (tertiary/aromatic N) is 1. The highest BCUT2D eigenvalue weighted by atomic mass is 32.2. The van der Waals surface area contributed by atoms with E-state index >= 15 is 0 Å². The van der Waals surface area contributed by atoms with E-state index in [4.69, 9.17) is 9.47 Å². The van der Waals surface area contributed by atoms with E-state index in [2.05, 4.69) is 0 Å². The Labute approximate surface area is 172 Å². The Morgan fingerprint density at radius 3 is 2.34 bits per heavy atom. The van der Waals surface area contributed by atoms with Crippen LogP contribution in [-0.4, -0.2) is 77.8 Å². The van der Waals surface area contributed by atoms with Crippen LogP contribution in [0, 0.1) is 12.8 Å². The van der Waals surface area contributed by atoms with Crippen molar-refractivity contribution in [1.82, 2.24) is 4.90 Å². The maximum Gasteiger partial charge on any atom is 0.308 e. The zero-order chi connectivity index (χ0) is 21.4. The molecule has 2 atom stereocenters. The molecule has 0 N–H and O–H groups in total. The van der Waals surface area contributed by atoms with E-state index in [0.29, 0.717) is 37.2 Å². The predicted molar refractivity (Wildman–Crippen MR) is 107 cm³/mol. The molecule has 2 saturated heterocycles. The minimum atomic E-state index is -3.86. The molecular weight excluding hydrogens is 418 g/mol. The van der Waals surface area contributed by atoms with Crippen LogP contribution in [0.1, 0.15) is 18.4 Å². The third kappa shape index (κ3) is 4.44. The van der Waals surface area contributed by atoms with E-state index in [1.807, 2.05) is 4.90 Å². The van der Waals surface area contributed by atoms with Crippen LogP contribution in [0.4, 0.5) is 0 Å². The number of aryl methyl sites for hydroxylation is 1. The number of carbonyl (C=O) groups excluding carboxylic acids is 1. The van der Waals surface area contributed by atoms with E-state index in [0.717, 1.165) is 0 Å². The SMILES string of the molecule is COC(=O)C1CCN([C@H]2CS(=O)(=O)C[C@@H]2S(=O)(=O)c2ccc(OC)c(C)c2)CC1. The van der Waals surface area contributed by atoms with Crippen molar-refractivity contribution in [2.24, 2.45) is 5.92 Å². The van der Waals surface area contributed by atoms with E-state index in [-0.39, 0.29) is 28.3 Å². The molecule has 0 bridgehead atoms. The maximum atomic E-state index is 13.3. The number of hydrogen-bond acceptors (Lipinski definition) is 8. The van der Waals surface area contributed by atoms with Gasteiger partial charge >= 0.3 is 5.97 Å². The summed E-state index contributed by atoms with van der Waals surface area (Å²) in [5, 5.41) is -1.03. The van der Waals surface area contributed by atoms with Gasteiger partial charge in [0.1, 0.15) is 5.75 Å². The zero-order valence-electron chi connectivity index (χ0n) is 16.8. The summed E-state index contributed by atoms with van der Waals surface area (Å²) in [6.07, 6.45) is 1.05. The molecule has 0 aliphatic carbocycles. The fraction of sp³-hybridized carbons (Fsp3) is 0.632. The first-order valence-corrected chi connectivity index (χ1v) is 12.9. The molecule has 0 amide bonds. The minimum Gasteiger partial charge on any atom is -0.496 e. The lowest BCUT2D eigenvalue weighted by atomic mass is 9.95. The summed E-state index contributed by atoms with van der Waals surface area (Å²) in [6, 6.07) is 3.96. The van der Waals surface area contributed by atoms with Gasteiger partial charge in [0, 0.05) is 6.04 Å². The van der Waals surface area contributed by atoms with Crippen LogP contribution in [0.3, 0.4) is 0 Å². The van der Waals surface area contributed by atoms with Gasteiger partial charge < -0.3 is 9.47 Å². The topological polar surface area (TPSA) is 107 Å². The van der Waals surface area contributed by atoms with Crippen LogP contribution in [0.25, 0.3) is 0 Å². The molecule has 0 saturated carbocycles. The Bertz CT molecular complexity index is 980. The molecule has 2 heterocycles. The first-order valence-electron chi connectivity index (χ1n) is 9.50. The van der Waals surface area contributed by atoms with Gasteiger partial charge in [-0.1, -0.05) is 0 Å².